The van der Waals surface area contributed by atoms with Crippen LogP contribution in [0.3, 0.4) is 0 Å². The molecule has 6 nitrogen and oxygen atoms in total. The Morgan fingerprint density at radius 1 is 1.04 bits per heavy atom. The van der Waals surface area contributed by atoms with E-state index in [2.05, 4.69) is 14.9 Å². The Labute approximate surface area is 165 Å². The number of benzene rings is 2. The minimum atomic E-state index is -3.17. The van der Waals surface area contributed by atoms with E-state index < -0.39 is 10.0 Å². The number of hydrogen-bond acceptors (Lipinski definition) is 4. The van der Waals surface area contributed by atoms with Gasteiger partial charge in [-0.05, 0) is 61.5 Å². The second-order valence-corrected chi connectivity index (χ2v) is 8.69. The molecule has 144 valence electrons. The molecular weight excluding hydrogens is 382 g/mol. The monoisotopic (exact) mass is 405 g/mol. The van der Waals surface area contributed by atoms with Crippen molar-refractivity contribution in [2.24, 2.45) is 0 Å². The standard InChI is InChI=1S/C19H23N3O3S2/c1-27(23,24)21-16-11-13-22(14-12-16)19(26)20-15-7-9-18(10-8-15)25-17-5-3-2-4-6-17/h2-10,16,21H,11-14H2,1H3,(H,20,26). The molecule has 0 bridgehead atoms. The lowest BCUT2D eigenvalue weighted by molar-refractivity contribution is 0.305. The van der Waals surface area contributed by atoms with Crippen molar-refractivity contribution >= 4 is 33.0 Å². The Kier molecular flexibility index (Phi) is 6.30. The topological polar surface area (TPSA) is 70.7 Å². The molecule has 8 heteroatoms. The Balaban J connectivity index is 1.50. The van der Waals surface area contributed by atoms with Gasteiger partial charge in [0.1, 0.15) is 11.5 Å². The molecule has 0 unspecified atom stereocenters. The van der Waals surface area contributed by atoms with Crippen LogP contribution in [0.2, 0.25) is 0 Å². The van der Waals surface area contributed by atoms with Crippen LogP contribution in [0, 0.1) is 0 Å². The summed E-state index contributed by atoms with van der Waals surface area (Å²) < 4.78 is 31.1. The van der Waals surface area contributed by atoms with Crippen molar-refractivity contribution in [3.8, 4) is 11.5 Å². The average Bonchev–Trinajstić information content (AvgIpc) is 2.63. The molecule has 1 saturated heterocycles. The van der Waals surface area contributed by atoms with Gasteiger partial charge in [0.25, 0.3) is 0 Å². The van der Waals surface area contributed by atoms with E-state index in [0.29, 0.717) is 18.2 Å². The zero-order valence-electron chi connectivity index (χ0n) is 15.1. The van der Waals surface area contributed by atoms with Crippen molar-refractivity contribution in [1.82, 2.24) is 9.62 Å². The van der Waals surface area contributed by atoms with Crippen LogP contribution < -0.4 is 14.8 Å². The largest absolute Gasteiger partial charge is 0.457 e. The molecule has 0 radical (unpaired) electrons. The molecule has 0 saturated carbocycles. The van der Waals surface area contributed by atoms with Gasteiger partial charge in [-0.3, -0.25) is 0 Å². The summed E-state index contributed by atoms with van der Waals surface area (Å²) in [5.74, 6) is 1.55. The number of thiocarbonyl (C=S) groups is 1. The van der Waals surface area contributed by atoms with Crippen LogP contribution in [0.25, 0.3) is 0 Å². The normalized spacial score (nSPS) is 15.4. The second-order valence-electron chi connectivity index (χ2n) is 6.52. The predicted molar refractivity (Wildman–Crippen MR) is 112 cm³/mol. The van der Waals surface area contributed by atoms with E-state index in [1.54, 1.807) is 0 Å². The first kappa shape index (κ1) is 19.6. The smallest absolute Gasteiger partial charge is 0.208 e. The maximum atomic E-state index is 11.3. The van der Waals surface area contributed by atoms with E-state index in [0.717, 1.165) is 30.0 Å². The molecule has 0 aliphatic carbocycles. The van der Waals surface area contributed by atoms with Crippen LogP contribution in [-0.2, 0) is 10.0 Å². The van der Waals surface area contributed by atoms with E-state index in [4.69, 9.17) is 17.0 Å². The molecule has 1 aliphatic rings. The Morgan fingerprint density at radius 3 is 2.22 bits per heavy atom. The number of piperidine rings is 1. The number of hydrogen-bond donors (Lipinski definition) is 2. The fourth-order valence-electron chi connectivity index (χ4n) is 2.94. The fraction of sp³-hybridized carbons (Fsp3) is 0.316. The van der Waals surface area contributed by atoms with E-state index in [1.165, 1.54) is 6.26 Å². The highest BCUT2D eigenvalue weighted by Gasteiger charge is 2.23. The van der Waals surface area contributed by atoms with Gasteiger partial charge < -0.3 is 15.0 Å². The van der Waals surface area contributed by atoms with Crippen LogP contribution in [0.5, 0.6) is 11.5 Å². The van der Waals surface area contributed by atoms with Crippen LogP contribution in [0.15, 0.2) is 54.6 Å². The summed E-state index contributed by atoms with van der Waals surface area (Å²) in [5, 5.41) is 3.87. The van der Waals surface area contributed by atoms with Gasteiger partial charge >= 0.3 is 0 Å². The Hall–Kier alpha value is -2.16. The molecular formula is C19H23N3O3S2. The molecule has 0 aromatic heterocycles. The maximum absolute atomic E-state index is 11.3. The van der Waals surface area contributed by atoms with Gasteiger partial charge in [-0.1, -0.05) is 18.2 Å². The molecule has 2 aromatic carbocycles. The van der Waals surface area contributed by atoms with Crippen LogP contribution in [0.4, 0.5) is 5.69 Å². The lowest BCUT2D eigenvalue weighted by atomic mass is 10.1. The van der Waals surface area contributed by atoms with Crippen molar-refractivity contribution in [3.63, 3.8) is 0 Å². The van der Waals surface area contributed by atoms with Crippen molar-refractivity contribution in [3.05, 3.63) is 54.6 Å². The third-order valence-corrected chi connectivity index (χ3v) is 5.37. The van der Waals surface area contributed by atoms with Crippen LogP contribution in [0.1, 0.15) is 12.8 Å². The molecule has 3 rings (SSSR count). The fourth-order valence-corrected chi connectivity index (χ4v) is 4.08. The summed E-state index contributed by atoms with van der Waals surface area (Å²) in [6, 6.07) is 17.2. The number of likely N-dealkylation sites (tertiary alicyclic amines) is 1. The van der Waals surface area contributed by atoms with Gasteiger partial charge in [-0.15, -0.1) is 0 Å². The number of para-hydroxylation sites is 1. The van der Waals surface area contributed by atoms with Crippen molar-refractivity contribution in [1.29, 1.82) is 0 Å². The first-order chi connectivity index (χ1) is 12.9. The molecule has 0 amide bonds. The first-order valence-corrected chi connectivity index (χ1v) is 11.1. The summed E-state index contributed by atoms with van der Waals surface area (Å²) in [6.07, 6.45) is 2.66. The van der Waals surface area contributed by atoms with E-state index in [9.17, 15) is 8.42 Å². The van der Waals surface area contributed by atoms with Gasteiger partial charge in [0.05, 0.1) is 6.26 Å². The number of rotatable bonds is 5. The second kappa shape index (κ2) is 8.69. The SMILES string of the molecule is CS(=O)(=O)NC1CCN(C(=S)Nc2ccc(Oc3ccccc3)cc2)CC1. The minimum Gasteiger partial charge on any atom is -0.457 e. The molecule has 0 atom stereocenters. The van der Waals surface area contributed by atoms with E-state index >= 15 is 0 Å². The van der Waals surface area contributed by atoms with Crippen molar-refractivity contribution < 1.29 is 13.2 Å². The highest BCUT2D eigenvalue weighted by Crippen LogP contribution is 2.23. The van der Waals surface area contributed by atoms with Gasteiger partial charge in [0.2, 0.25) is 10.0 Å². The van der Waals surface area contributed by atoms with Gasteiger partial charge in [0.15, 0.2) is 5.11 Å². The summed E-state index contributed by atoms with van der Waals surface area (Å²) in [6.45, 7) is 1.43. The summed E-state index contributed by atoms with van der Waals surface area (Å²) in [4.78, 5) is 2.06. The summed E-state index contributed by atoms with van der Waals surface area (Å²) in [5.41, 5.74) is 0.886. The average molecular weight is 406 g/mol. The number of sulfonamides is 1. The number of nitrogens with one attached hydrogen (secondary N) is 2. The molecule has 2 aromatic rings. The quantitative estimate of drug-likeness (QED) is 0.745. The molecule has 2 N–H and O–H groups in total. The zero-order chi connectivity index (χ0) is 19.3. The van der Waals surface area contributed by atoms with E-state index in [1.807, 2.05) is 54.6 Å². The lowest BCUT2D eigenvalue weighted by Crippen LogP contribution is -2.47. The third-order valence-electron chi connectivity index (χ3n) is 4.25. The molecule has 0 spiro atoms. The highest BCUT2D eigenvalue weighted by molar-refractivity contribution is 7.88. The third kappa shape index (κ3) is 6.20. The Bertz CT molecular complexity index is 863. The van der Waals surface area contributed by atoms with Gasteiger partial charge in [-0.25, -0.2) is 13.1 Å². The van der Waals surface area contributed by atoms with Crippen LogP contribution in [-0.4, -0.2) is 43.8 Å². The number of nitrogens with zero attached hydrogens (tertiary/aromatic N) is 1. The lowest BCUT2D eigenvalue weighted by Gasteiger charge is -2.33. The highest BCUT2D eigenvalue weighted by atomic mass is 32.2. The number of ether oxygens (including phenoxy) is 1. The summed E-state index contributed by atoms with van der Waals surface area (Å²) >= 11 is 5.49. The zero-order valence-corrected chi connectivity index (χ0v) is 16.7. The molecule has 1 heterocycles. The first-order valence-electron chi connectivity index (χ1n) is 8.75. The van der Waals surface area contributed by atoms with E-state index in [-0.39, 0.29) is 6.04 Å². The molecule has 1 fully saturated rings. The molecule has 1 aliphatic heterocycles. The van der Waals surface area contributed by atoms with Crippen molar-refractivity contribution in [2.75, 3.05) is 24.7 Å². The van der Waals surface area contributed by atoms with Gasteiger partial charge in [0, 0.05) is 24.8 Å². The van der Waals surface area contributed by atoms with Gasteiger partial charge in [-0.2, -0.15) is 0 Å². The van der Waals surface area contributed by atoms with Crippen LogP contribution >= 0.6 is 12.2 Å². The van der Waals surface area contributed by atoms with Crippen molar-refractivity contribution in [2.45, 2.75) is 18.9 Å². The number of anilines is 1. The molecule has 27 heavy (non-hydrogen) atoms. The summed E-state index contributed by atoms with van der Waals surface area (Å²) in [7, 11) is -3.17. The Morgan fingerprint density at radius 2 is 1.63 bits per heavy atom. The minimum absolute atomic E-state index is 0.0199. The predicted octanol–water partition coefficient (Wildman–Crippen LogP) is 3.19. The maximum Gasteiger partial charge on any atom is 0.208 e.